The van der Waals surface area contributed by atoms with Crippen molar-refractivity contribution in [3.63, 3.8) is 0 Å². The minimum atomic E-state index is -4.69. The van der Waals surface area contributed by atoms with E-state index < -0.39 is 24.2 Å². The maximum Gasteiger partial charge on any atom is 0.415 e. The van der Waals surface area contributed by atoms with Crippen LogP contribution in [0.25, 0.3) is 11.1 Å². The molecule has 1 heterocycles. The van der Waals surface area contributed by atoms with E-state index in [1.807, 2.05) is 30.3 Å². The molecule has 0 saturated heterocycles. The molecule has 8 heteroatoms. The average Bonchev–Trinajstić information content (AvgIpc) is 3.22. The highest BCUT2D eigenvalue weighted by atomic mass is 19.4. The van der Waals surface area contributed by atoms with Gasteiger partial charge in [0.15, 0.2) is 6.04 Å². The molecule has 0 fully saturated rings. The van der Waals surface area contributed by atoms with Gasteiger partial charge in [0.1, 0.15) is 0 Å². The predicted octanol–water partition coefficient (Wildman–Crippen LogP) is 4.31. The van der Waals surface area contributed by atoms with Crippen LogP contribution in [-0.2, 0) is 16.0 Å². The second-order valence-electron chi connectivity index (χ2n) is 6.41. The SMILES string of the molecule is CCOC(=O)[C@H]1[C@@H](C(F)(F)F)N=NN1c1ccc2c(c1)Cc1ccccc1-2. The van der Waals surface area contributed by atoms with E-state index in [0.29, 0.717) is 12.1 Å². The highest BCUT2D eigenvalue weighted by Gasteiger charge is 2.55. The van der Waals surface area contributed by atoms with Crippen molar-refractivity contribution in [2.75, 3.05) is 11.6 Å². The number of ether oxygens (including phenoxy) is 1. The predicted molar refractivity (Wildman–Crippen MR) is 92.3 cm³/mol. The summed E-state index contributed by atoms with van der Waals surface area (Å²) in [6.07, 6.45) is -4.01. The third kappa shape index (κ3) is 2.94. The minimum absolute atomic E-state index is 0.0206. The Morgan fingerprint density at radius 2 is 1.93 bits per heavy atom. The number of hydrogen-bond donors (Lipinski definition) is 0. The maximum absolute atomic E-state index is 13.3. The lowest BCUT2D eigenvalue weighted by molar-refractivity contribution is -0.165. The molecule has 0 saturated carbocycles. The smallest absolute Gasteiger partial charge is 0.415 e. The van der Waals surface area contributed by atoms with Crippen molar-refractivity contribution in [3.8, 4) is 11.1 Å². The van der Waals surface area contributed by atoms with Gasteiger partial charge in [-0.1, -0.05) is 35.6 Å². The molecule has 0 unspecified atom stereocenters. The summed E-state index contributed by atoms with van der Waals surface area (Å²) in [5.41, 5.74) is 4.66. The molecule has 2 aromatic carbocycles. The molecule has 0 N–H and O–H groups in total. The molecular formula is C19H16F3N3O2. The van der Waals surface area contributed by atoms with Gasteiger partial charge >= 0.3 is 12.1 Å². The molecule has 0 aromatic heterocycles. The number of anilines is 1. The van der Waals surface area contributed by atoms with Gasteiger partial charge in [-0.05, 0) is 47.7 Å². The van der Waals surface area contributed by atoms with E-state index in [9.17, 15) is 18.0 Å². The van der Waals surface area contributed by atoms with E-state index in [0.717, 1.165) is 27.3 Å². The molecule has 0 amide bonds. The summed E-state index contributed by atoms with van der Waals surface area (Å²) in [4.78, 5) is 12.2. The quantitative estimate of drug-likeness (QED) is 0.641. The lowest BCUT2D eigenvalue weighted by atomic mass is 10.0. The number of nitrogens with zero attached hydrogens (tertiary/aromatic N) is 3. The third-order valence-electron chi connectivity index (χ3n) is 4.74. The van der Waals surface area contributed by atoms with E-state index in [1.54, 1.807) is 19.1 Å². The lowest BCUT2D eigenvalue weighted by Gasteiger charge is -2.25. The van der Waals surface area contributed by atoms with Crippen molar-refractivity contribution in [1.29, 1.82) is 0 Å². The summed E-state index contributed by atoms with van der Waals surface area (Å²) in [6, 6.07) is 9.28. The maximum atomic E-state index is 13.3. The zero-order valence-corrected chi connectivity index (χ0v) is 14.4. The highest BCUT2D eigenvalue weighted by Crippen LogP contribution is 2.41. The zero-order chi connectivity index (χ0) is 19.2. The van der Waals surface area contributed by atoms with Crippen LogP contribution in [0.2, 0.25) is 0 Å². The van der Waals surface area contributed by atoms with Gasteiger partial charge in [0, 0.05) is 0 Å². The summed E-state index contributed by atoms with van der Waals surface area (Å²) in [7, 11) is 0. The lowest BCUT2D eigenvalue weighted by Crippen LogP contribution is -2.49. The number of benzene rings is 2. The first-order valence-corrected chi connectivity index (χ1v) is 8.54. The van der Waals surface area contributed by atoms with E-state index >= 15 is 0 Å². The molecule has 1 aliphatic heterocycles. The van der Waals surface area contributed by atoms with Crippen LogP contribution in [0.4, 0.5) is 18.9 Å². The molecule has 0 spiro atoms. The number of fused-ring (bicyclic) bond motifs is 3. The topological polar surface area (TPSA) is 54.3 Å². The molecular weight excluding hydrogens is 359 g/mol. The second kappa shape index (κ2) is 6.37. The zero-order valence-electron chi connectivity index (χ0n) is 14.4. The van der Waals surface area contributed by atoms with Gasteiger partial charge in [0.2, 0.25) is 6.04 Å². The number of carbonyl (C=O) groups is 1. The standard InChI is InChI=1S/C19H16F3N3O2/c1-2-27-18(26)16-17(19(20,21)22)23-24-25(16)13-7-8-15-12(10-13)9-11-5-3-4-6-14(11)15/h3-8,10,16-17H,2,9H2,1H3/t16-,17+/m1/s1. The van der Waals surface area contributed by atoms with Crippen LogP contribution >= 0.6 is 0 Å². The van der Waals surface area contributed by atoms with Crippen LogP contribution < -0.4 is 5.01 Å². The van der Waals surface area contributed by atoms with Crippen LogP contribution in [0.1, 0.15) is 18.1 Å². The van der Waals surface area contributed by atoms with Gasteiger partial charge in [-0.2, -0.15) is 18.3 Å². The molecule has 2 atom stereocenters. The number of halogens is 3. The summed E-state index contributed by atoms with van der Waals surface area (Å²) in [6.45, 7) is 1.52. The van der Waals surface area contributed by atoms with Crippen molar-refractivity contribution in [1.82, 2.24) is 0 Å². The second-order valence-corrected chi connectivity index (χ2v) is 6.41. The molecule has 27 heavy (non-hydrogen) atoms. The van der Waals surface area contributed by atoms with Crippen molar-refractivity contribution >= 4 is 11.7 Å². The van der Waals surface area contributed by atoms with E-state index in [4.69, 9.17) is 4.74 Å². The summed E-state index contributed by atoms with van der Waals surface area (Å²) in [5, 5.41) is 7.97. The van der Waals surface area contributed by atoms with Gasteiger partial charge in [-0.25, -0.2) is 9.80 Å². The molecule has 1 aliphatic carbocycles. The fourth-order valence-electron chi connectivity index (χ4n) is 3.55. The number of esters is 1. The number of hydrogen-bond acceptors (Lipinski definition) is 5. The van der Waals surface area contributed by atoms with Crippen LogP contribution in [-0.4, -0.2) is 30.8 Å². The Morgan fingerprint density at radius 1 is 1.19 bits per heavy atom. The fourth-order valence-corrected chi connectivity index (χ4v) is 3.55. The summed E-state index contributed by atoms with van der Waals surface area (Å²) < 4.78 is 44.8. The Balaban J connectivity index is 1.69. The first-order chi connectivity index (χ1) is 12.9. The number of rotatable bonds is 3. The highest BCUT2D eigenvalue weighted by molar-refractivity contribution is 5.83. The van der Waals surface area contributed by atoms with Crippen molar-refractivity contribution in [2.45, 2.75) is 31.6 Å². The number of carbonyl (C=O) groups excluding carboxylic acids is 1. The molecule has 2 aromatic rings. The van der Waals surface area contributed by atoms with E-state index in [-0.39, 0.29) is 6.61 Å². The molecule has 0 bridgehead atoms. The monoisotopic (exact) mass is 375 g/mol. The largest absolute Gasteiger partial charge is 0.464 e. The Kier molecular flexibility index (Phi) is 4.13. The number of alkyl halides is 3. The summed E-state index contributed by atoms with van der Waals surface area (Å²) >= 11 is 0. The van der Waals surface area contributed by atoms with Gasteiger partial charge in [-0.15, -0.1) is 0 Å². The van der Waals surface area contributed by atoms with Crippen molar-refractivity contribution in [2.24, 2.45) is 10.3 Å². The van der Waals surface area contributed by atoms with E-state index in [2.05, 4.69) is 10.3 Å². The molecule has 4 rings (SSSR count). The average molecular weight is 375 g/mol. The van der Waals surface area contributed by atoms with E-state index in [1.165, 1.54) is 0 Å². The van der Waals surface area contributed by atoms with Crippen LogP contribution in [0, 0.1) is 0 Å². The molecule has 140 valence electrons. The van der Waals surface area contributed by atoms with Crippen LogP contribution in [0.15, 0.2) is 52.8 Å². The Morgan fingerprint density at radius 3 is 2.67 bits per heavy atom. The molecule has 2 aliphatic rings. The Hall–Kier alpha value is -2.90. The normalized spacial score (nSPS) is 20.5. The van der Waals surface area contributed by atoms with Crippen molar-refractivity contribution < 1.29 is 22.7 Å². The molecule has 5 nitrogen and oxygen atoms in total. The summed E-state index contributed by atoms with van der Waals surface area (Å²) in [5.74, 6) is -0.992. The van der Waals surface area contributed by atoms with Crippen LogP contribution in [0.3, 0.4) is 0 Å². The van der Waals surface area contributed by atoms with Crippen LogP contribution in [0.5, 0.6) is 0 Å². The first-order valence-electron chi connectivity index (χ1n) is 8.54. The van der Waals surface area contributed by atoms with Gasteiger partial charge < -0.3 is 4.74 Å². The fraction of sp³-hybridized carbons (Fsp3) is 0.316. The third-order valence-corrected chi connectivity index (χ3v) is 4.74. The van der Waals surface area contributed by atoms with Gasteiger partial charge in [-0.3, -0.25) is 0 Å². The Labute approximate surface area is 153 Å². The van der Waals surface area contributed by atoms with Crippen molar-refractivity contribution in [3.05, 3.63) is 53.6 Å². The minimum Gasteiger partial charge on any atom is -0.464 e. The first kappa shape index (κ1) is 17.5. The van der Waals surface area contributed by atoms with Gasteiger partial charge in [0.05, 0.1) is 12.3 Å². The Bertz CT molecular complexity index is 927. The molecule has 0 radical (unpaired) electrons. The van der Waals surface area contributed by atoms with Gasteiger partial charge in [0.25, 0.3) is 0 Å².